The zero-order valence-corrected chi connectivity index (χ0v) is 10.8. The first kappa shape index (κ1) is 11.8. The summed E-state index contributed by atoms with van der Waals surface area (Å²) in [5, 5.41) is 10.9. The summed E-state index contributed by atoms with van der Waals surface area (Å²) in [6.07, 6.45) is 4.11. The lowest BCUT2D eigenvalue weighted by Gasteiger charge is -2.33. The highest BCUT2D eigenvalue weighted by atomic mass is 16.3. The van der Waals surface area contributed by atoms with E-state index in [1.165, 1.54) is 16.5 Å². The van der Waals surface area contributed by atoms with Crippen LogP contribution in [0.15, 0.2) is 30.5 Å². The van der Waals surface area contributed by atoms with Gasteiger partial charge in [0.1, 0.15) is 6.23 Å². The van der Waals surface area contributed by atoms with Gasteiger partial charge >= 0.3 is 0 Å². The summed E-state index contributed by atoms with van der Waals surface area (Å²) < 4.78 is 0. The van der Waals surface area contributed by atoms with Gasteiger partial charge < -0.3 is 10.1 Å². The highest BCUT2D eigenvalue weighted by molar-refractivity contribution is 5.83. The van der Waals surface area contributed by atoms with E-state index in [-0.39, 0.29) is 6.23 Å². The van der Waals surface area contributed by atoms with Crippen LogP contribution in [0.2, 0.25) is 0 Å². The molecule has 1 aliphatic rings. The monoisotopic (exact) mass is 244 g/mol. The second kappa shape index (κ2) is 4.75. The molecule has 1 fully saturated rings. The molecule has 0 spiro atoms. The van der Waals surface area contributed by atoms with Crippen molar-refractivity contribution in [2.75, 3.05) is 13.1 Å². The first-order valence-electron chi connectivity index (χ1n) is 6.74. The van der Waals surface area contributed by atoms with Gasteiger partial charge in [0, 0.05) is 30.2 Å². The molecule has 1 aliphatic heterocycles. The SMILES string of the molecule is CC(O)N1CCC(c2c[nH]c3ccccc23)CC1. The standard InChI is InChI=1S/C15H20N2O/c1-11(18)17-8-6-12(7-9-17)14-10-16-15-5-3-2-4-13(14)15/h2-5,10-12,16,18H,6-9H2,1H3. The normalized spacial score (nSPS) is 20.3. The molecule has 18 heavy (non-hydrogen) atoms. The molecule has 3 heteroatoms. The highest BCUT2D eigenvalue weighted by Crippen LogP contribution is 2.33. The Morgan fingerprint density at radius 3 is 2.72 bits per heavy atom. The van der Waals surface area contributed by atoms with Crippen LogP contribution in [0.4, 0.5) is 0 Å². The number of piperidine rings is 1. The summed E-state index contributed by atoms with van der Waals surface area (Å²) in [6.45, 7) is 3.83. The van der Waals surface area contributed by atoms with Crippen LogP contribution in [0.25, 0.3) is 10.9 Å². The Morgan fingerprint density at radius 1 is 1.28 bits per heavy atom. The fourth-order valence-corrected chi connectivity index (χ4v) is 3.02. The van der Waals surface area contributed by atoms with E-state index in [9.17, 15) is 5.11 Å². The molecule has 0 bridgehead atoms. The number of aliphatic hydroxyl groups excluding tert-OH is 1. The van der Waals surface area contributed by atoms with Gasteiger partial charge in [0.25, 0.3) is 0 Å². The van der Waals surface area contributed by atoms with Gasteiger partial charge in [-0.2, -0.15) is 0 Å². The number of nitrogens with zero attached hydrogens (tertiary/aromatic N) is 1. The second-order valence-electron chi connectivity index (χ2n) is 5.23. The van der Waals surface area contributed by atoms with E-state index in [4.69, 9.17) is 0 Å². The van der Waals surface area contributed by atoms with Gasteiger partial charge in [-0.1, -0.05) is 18.2 Å². The lowest BCUT2D eigenvalue weighted by Crippen LogP contribution is -2.39. The molecule has 0 aliphatic carbocycles. The largest absolute Gasteiger partial charge is 0.379 e. The number of aromatic nitrogens is 1. The first-order valence-corrected chi connectivity index (χ1v) is 6.74. The fourth-order valence-electron chi connectivity index (χ4n) is 3.02. The van der Waals surface area contributed by atoms with Crippen molar-refractivity contribution < 1.29 is 5.11 Å². The quantitative estimate of drug-likeness (QED) is 0.852. The Labute approximate surface area is 107 Å². The third-order valence-electron chi connectivity index (χ3n) is 4.12. The number of nitrogens with one attached hydrogen (secondary N) is 1. The number of rotatable bonds is 2. The zero-order valence-electron chi connectivity index (χ0n) is 10.8. The maximum Gasteiger partial charge on any atom is 0.104 e. The van der Waals surface area contributed by atoms with Gasteiger partial charge in [0.05, 0.1) is 0 Å². The molecule has 1 atom stereocenters. The molecular formula is C15H20N2O. The van der Waals surface area contributed by atoms with Crippen LogP contribution in [0, 0.1) is 0 Å². The molecule has 1 unspecified atom stereocenters. The summed E-state index contributed by atoms with van der Waals surface area (Å²) in [5.41, 5.74) is 2.67. The number of aromatic amines is 1. The van der Waals surface area contributed by atoms with Crippen LogP contribution in [0.5, 0.6) is 0 Å². The molecule has 0 radical (unpaired) electrons. The van der Waals surface area contributed by atoms with Gasteiger partial charge in [-0.3, -0.25) is 4.90 Å². The van der Waals surface area contributed by atoms with Gasteiger partial charge in [-0.15, -0.1) is 0 Å². The number of hydrogen-bond acceptors (Lipinski definition) is 2. The maximum absolute atomic E-state index is 9.59. The summed E-state index contributed by atoms with van der Waals surface area (Å²) in [7, 11) is 0. The van der Waals surface area contributed by atoms with Crippen LogP contribution in [-0.4, -0.2) is 34.3 Å². The minimum Gasteiger partial charge on any atom is -0.379 e. The molecule has 96 valence electrons. The molecule has 2 aromatic rings. The molecule has 3 rings (SSSR count). The third kappa shape index (κ3) is 2.04. The highest BCUT2D eigenvalue weighted by Gasteiger charge is 2.24. The molecule has 1 aromatic carbocycles. The zero-order chi connectivity index (χ0) is 12.5. The molecule has 3 nitrogen and oxygen atoms in total. The lowest BCUT2D eigenvalue weighted by molar-refractivity contribution is 0.00314. The number of hydrogen-bond donors (Lipinski definition) is 2. The maximum atomic E-state index is 9.59. The Balaban J connectivity index is 1.80. The van der Waals surface area contributed by atoms with E-state index in [0.29, 0.717) is 5.92 Å². The second-order valence-corrected chi connectivity index (χ2v) is 5.23. The van der Waals surface area contributed by atoms with Crippen molar-refractivity contribution in [1.82, 2.24) is 9.88 Å². The third-order valence-corrected chi connectivity index (χ3v) is 4.12. The smallest absolute Gasteiger partial charge is 0.104 e. The van der Waals surface area contributed by atoms with Crippen molar-refractivity contribution in [3.05, 3.63) is 36.0 Å². The van der Waals surface area contributed by atoms with Crippen molar-refractivity contribution in [3.63, 3.8) is 0 Å². The van der Waals surface area contributed by atoms with Gasteiger partial charge in [0.15, 0.2) is 0 Å². The molecular weight excluding hydrogens is 224 g/mol. The fraction of sp³-hybridized carbons (Fsp3) is 0.467. The molecule has 2 N–H and O–H groups in total. The van der Waals surface area contributed by atoms with Crippen LogP contribution in [0.3, 0.4) is 0 Å². The lowest BCUT2D eigenvalue weighted by atomic mass is 9.89. The Bertz CT molecular complexity index is 524. The van der Waals surface area contributed by atoms with E-state index >= 15 is 0 Å². The van der Waals surface area contributed by atoms with E-state index in [1.54, 1.807) is 0 Å². The molecule has 0 amide bonds. The predicted molar refractivity (Wildman–Crippen MR) is 73.5 cm³/mol. The van der Waals surface area contributed by atoms with E-state index in [0.717, 1.165) is 25.9 Å². The Morgan fingerprint density at radius 2 is 2.00 bits per heavy atom. The van der Waals surface area contributed by atoms with Gasteiger partial charge in [0.2, 0.25) is 0 Å². The summed E-state index contributed by atoms with van der Waals surface area (Å²) in [6, 6.07) is 8.50. The number of benzene rings is 1. The summed E-state index contributed by atoms with van der Waals surface area (Å²) in [5.74, 6) is 0.621. The van der Waals surface area contributed by atoms with Gasteiger partial charge in [-0.25, -0.2) is 0 Å². The Hall–Kier alpha value is -1.32. The number of para-hydroxylation sites is 1. The number of H-pyrrole nitrogens is 1. The number of fused-ring (bicyclic) bond motifs is 1. The number of likely N-dealkylation sites (tertiary alicyclic amines) is 1. The first-order chi connectivity index (χ1) is 8.75. The average molecular weight is 244 g/mol. The van der Waals surface area contributed by atoms with Crippen molar-refractivity contribution in [1.29, 1.82) is 0 Å². The van der Waals surface area contributed by atoms with E-state index < -0.39 is 0 Å². The minimum atomic E-state index is -0.311. The van der Waals surface area contributed by atoms with Crippen molar-refractivity contribution in [2.45, 2.75) is 31.9 Å². The Kier molecular flexibility index (Phi) is 3.10. The van der Waals surface area contributed by atoms with Crippen molar-refractivity contribution in [3.8, 4) is 0 Å². The summed E-state index contributed by atoms with van der Waals surface area (Å²) in [4.78, 5) is 5.50. The number of aliphatic hydroxyl groups is 1. The van der Waals surface area contributed by atoms with Gasteiger partial charge in [-0.05, 0) is 37.3 Å². The van der Waals surface area contributed by atoms with Crippen molar-refractivity contribution >= 4 is 10.9 Å². The van der Waals surface area contributed by atoms with Crippen LogP contribution < -0.4 is 0 Å². The summed E-state index contributed by atoms with van der Waals surface area (Å²) >= 11 is 0. The van der Waals surface area contributed by atoms with Crippen LogP contribution in [-0.2, 0) is 0 Å². The minimum absolute atomic E-state index is 0.311. The predicted octanol–water partition coefficient (Wildman–Crippen LogP) is 2.69. The molecule has 1 aromatic heterocycles. The van der Waals surface area contributed by atoms with Crippen LogP contribution in [0.1, 0.15) is 31.2 Å². The molecule has 2 heterocycles. The topological polar surface area (TPSA) is 39.3 Å². The molecule has 1 saturated heterocycles. The van der Waals surface area contributed by atoms with Crippen molar-refractivity contribution in [2.24, 2.45) is 0 Å². The average Bonchev–Trinajstić information content (AvgIpc) is 2.82. The molecule has 0 saturated carbocycles. The van der Waals surface area contributed by atoms with Crippen LogP contribution >= 0.6 is 0 Å². The van der Waals surface area contributed by atoms with E-state index in [2.05, 4.69) is 40.3 Å². The van der Waals surface area contributed by atoms with E-state index in [1.807, 2.05) is 6.92 Å².